The second kappa shape index (κ2) is 6.65. The average molecular weight is 264 g/mol. The van der Waals surface area contributed by atoms with Gasteiger partial charge in [-0.15, -0.1) is 0 Å². The predicted molar refractivity (Wildman–Crippen MR) is 71.8 cm³/mol. The van der Waals surface area contributed by atoms with Crippen molar-refractivity contribution < 1.29 is 14.6 Å². The lowest BCUT2D eigenvalue weighted by molar-refractivity contribution is -0.126. The first-order chi connectivity index (χ1) is 9.16. The molecule has 19 heavy (non-hydrogen) atoms. The summed E-state index contributed by atoms with van der Waals surface area (Å²) in [6.45, 7) is 3.90. The monoisotopic (exact) mass is 264 g/mol. The molecule has 1 heterocycles. The molecule has 0 aliphatic carbocycles. The highest BCUT2D eigenvalue weighted by Crippen LogP contribution is 2.12. The molecular formula is C14H20N2O3. The molecule has 0 saturated carbocycles. The Bertz CT molecular complexity index is 413. The van der Waals surface area contributed by atoms with E-state index in [0.29, 0.717) is 19.8 Å². The van der Waals surface area contributed by atoms with E-state index in [-0.39, 0.29) is 18.5 Å². The van der Waals surface area contributed by atoms with Gasteiger partial charge in [-0.1, -0.05) is 29.8 Å². The lowest BCUT2D eigenvalue weighted by atomic mass is 10.1. The van der Waals surface area contributed by atoms with Gasteiger partial charge < -0.3 is 20.5 Å². The summed E-state index contributed by atoms with van der Waals surface area (Å²) in [5, 5.41) is 15.8. The molecule has 1 aliphatic heterocycles. The molecule has 1 amide bonds. The molecule has 0 bridgehead atoms. The third-order valence-electron chi connectivity index (χ3n) is 3.17. The minimum Gasteiger partial charge on any atom is -0.387 e. The lowest BCUT2D eigenvalue weighted by Crippen LogP contribution is -2.51. The third-order valence-corrected chi connectivity index (χ3v) is 3.17. The van der Waals surface area contributed by atoms with Crippen LogP contribution in [0.15, 0.2) is 24.3 Å². The molecule has 1 aliphatic rings. The van der Waals surface area contributed by atoms with Crippen LogP contribution in [-0.4, -0.2) is 43.4 Å². The van der Waals surface area contributed by atoms with Crippen molar-refractivity contribution >= 4 is 5.91 Å². The molecule has 2 unspecified atom stereocenters. The molecule has 0 radical (unpaired) electrons. The largest absolute Gasteiger partial charge is 0.387 e. The van der Waals surface area contributed by atoms with Crippen molar-refractivity contribution in [1.29, 1.82) is 0 Å². The molecule has 5 nitrogen and oxygen atoms in total. The normalized spacial score (nSPS) is 20.8. The van der Waals surface area contributed by atoms with Crippen molar-refractivity contribution in [2.75, 3.05) is 26.3 Å². The van der Waals surface area contributed by atoms with Gasteiger partial charge in [-0.05, 0) is 12.5 Å². The number of amides is 1. The van der Waals surface area contributed by atoms with Gasteiger partial charge in [-0.2, -0.15) is 0 Å². The van der Waals surface area contributed by atoms with E-state index >= 15 is 0 Å². The number of aliphatic hydroxyl groups is 1. The Balaban J connectivity index is 1.80. The van der Waals surface area contributed by atoms with Crippen LogP contribution in [0, 0.1) is 6.92 Å². The standard InChI is InChI=1S/C14H20N2O3/c1-10-2-4-11(5-3-10)13(17)8-16-14(18)12-9-19-7-6-15-12/h2-5,12-13,15,17H,6-9H2,1H3,(H,16,18). The molecule has 1 aromatic carbocycles. The second-order valence-electron chi connectivity index (χ2n) is 4.75. The maximum atomic E-state index is 11.8. The summed E-state index contributed by atoms with van der Waals surface area (Å²) in [6.07, 6.45) is -0.686. The molecule has 2 rings (SSSR count). The van der Waals surface area contributed by atoms with Crippen LogP contribution in [0.3, 0.4) is 0 Å². The number of aryl methyl sites for hydroxylation is 1. The molecule has 5 heteroatoms. The van der Waals surface area contributed by atoms with E-state index in [0.717, 1.165) is 11.1 Å². The van der Waals surface area contributed by atoms with Gasteiger partial charge in [-0.25, -0.2) is 0 Å². The topological polar surface area (TPSA) is 70.6 Å². The van der Waals surface area contributed by atoms with Gasteiger partial charge in [-0.3, -0.25) is 4.79 Å². The number of nitrogens with one attached hydrogen (secondary N) is 2. The van der Waals surface area contributed by atoms with Crippen molar-refractivity contribution in [3.63, 3.8) is 0 Å². The van der Waals surface area contributed by atoms with Crippen LogP contribution >= 0.6 is 0 Å². The van der Waals surface area contributed by atoms with Crippen LogP contribution in [0.5, 0.6) is 0 Å². The van der Waals surface area contributed by atoms with Gasteiger partial charge >= 0.3 is 0 Å². The van der Waals surface area contributed by atoms with Crippen molar-refractivity contribution in [1.82, 2.24) is 10.6 Å². The van der Waals surface area contributed by atoms with E-state index in [1.54, 1.807) is 0 Å². The Kier molecular flexibility index (Phi) is 4.90. The van der Waals surface area contributed by atoms with E-state index in [2.05, 4.69) is 10.6 Å². The SMILES string of the molecule is Cc1ccc(C(O)CNC(=O)C2COCCN2)cc1. The molecule has 2 atom stereocenters. The van der Waals surface area contributed by atoms with Gasteiger partial charge in [0.1, 0.15) is 6.04 Å². The van der Waals surface area contributed by atoms with Crippen LogP contribution in [-0.2, 0) is 9.53 Å². The Morgan fingerprint density at radius 2 is 2.26 bits per heavy atom. The molecule has 104 valence electrons. The smallest absolute Gasteiger partial charge is 0.239 e. The van der Waals surface area contributed by atoms with Gasteiger partial charge in [0.2, 0.25) is 5.91 Å². The fraction of sp³-hybridized carbons (Fsp3) is 0.500. The Morgan fingerprint density at radius 3 is 2.89 bits per heavy atom. The first-order valence-corrected chi connectivity index (χ1v) is 6.50. The van der Waals surface area contributed by atoms with Crippen molar-refractivity contribution in [2.45, 2.75) is 19.1 Å². The van der Waals surface area contributed by atoms with Gasteiger partial charge in [0.25, 0.3) is 0 Å². The van der Waals surface area contributed by atoms with Crippen LogP contribution in [0.1, 0.15) is 17.2 Å². The maximum absolute atomic E-state index is 11.8. The summed E-state index contributed by atoms with van der Waals surface area (Å²) in [5.41, 5.74) is 1.95. The van der Waals surface area contributed by atoms with Crippen LogP contribution in [0.2, 0.25) is 0 Å². The van der Waals surface area contributed by atoms with Crippen molar-refractivity contribution in [3.8, 4) is 0 Å². The van der Waals surface area contributed by atoms with E-state index in [9.17, 15) is 9.90 Å². The Labute approximate surface area is 113 Å². The minimum absolute atomic E-state index is 0.133. The Hall–Kier alpha value is -1.43. The van der Waals surface area contributed by atoms with Crippen LogP contribution in [0.4, 0.5) is 0 Å². The summed E-state index contributed by atoms with van der Waals surface area (Å²) in [7, 11) is 0. The third kappa shape index (κ3) is 4.02. The van der Waals surface area contributed by atoms with Crippen LogP contribution in [0.25, 0.3) is 0 Å². The number of hydrogen-bond acceptors (Lipinski definition) is 4. The zero-order valence-corrected chi connectivity index (χ0v) is 11.1. The van der Waals surface area contributed by atoms with E-state index in [1.807, 2.05) is 31.2 Å². The second-order valence-corrected chi connectivity index (χ2v) is 4.75. The highest BCUT2D eigenvalue weighted by Gasteiger charge is 2.21. The number of morpholine rings is 1. The number of rotatable bonds is 4. The van der Waals surface area contributed by atoms with Gasteiger partial charge in [0, 0.05) is 13.1 Å². The summed E-state index contributed by atoms with van der Waals surface area (Å²) >= 11 is 0. The number of carbonyl (C=O) groups is 1. The highest BCUT2D eigenvalue weighted by atomic mass is 16.5. The number of ether oxygens (including phenoxy) is 1. The number of benzene rings is 1. The first-order valence-electron chi connectivity index (χ1n) is 6.50. The molecule has 1 saturated heterocycles. The molecule has 3 N–H and O–H groups in total. The maximum Gasteiger partial charge on any atom is 0.239 e. The van der Waals surface area contributed by atoms with Crippen molar-refractivity contribution in [2.24, 2.45) is 0 Å². The molecule has 1 aromatic rings. The van der Waals surface area contributed by atoms with E-state index in [1.165, 1.54) is 0 Å². The van der Waals surface area contributed by atoms with Gasteiger partial charge in [0.05, 0.1) is 19.3 Å². The zero-order chi connectivity index (χ0) is 13.7. The van der Waals surface area contributed by atoms with E-state index < -0.39 is 6.10 Å². The molecular weight excluding hydrogens is 244 g/mol. The van der Waals surface area contributed by atoms with Crippen molar-refractivity contribution in [3.05, 3.63) is 35.4 Å². The zero-order valence-electron chi connectivity index (χ0n) is 11.1. The summed E-state index contributed by atoms with van der Waals surface area (Å²) in [5.74, 6) is -0.133. The minimum atomic E-state index is -0.686. The van der Waals surface area contributed by atoms with Crippen LogP contribution < -0.4 is 10.6 Å². The molecule has 0 aromatic heterocycles. The lowest BCUT2D eigenvalue weighted by Gasteiger charge is -2.23. The molecule has 1 fully saturated rings. The van der Waals surface area contributed by atoms with E-state index in [4.69, 9.17) is 4.74 Å². The number of hydrogen-bond donors (Lipinski definition) is 3. The Morgan fingerprint density at radius 1 is 1.53 bits per heavy atom. The highest BCUT2D eigenvalue weighted by molar-refractivity contribution is 5.82. The quantitative estimate of drug-likeness (QED) is 0.723. The molecule has 0 spiro atoms. The summed E-state index contributed by atoms with van der Waals surface area (Å²) < 4.78 is 5.22. The summed E-state index contributed by atoms with van der Waals surface area (Å²) in [6, 6.07) is 7.30. The number of aliphatic hydroxyl groups excluding tert-OH is 1. The fourth-order valence-electron chi connectivity index (χ4n) is 1.96. The fourth-order valence-corrected chi connectivity index (χ4v) is 1.96. The van der Waals surface area contributed by atoms with Gasteiger partial charge in [0.15, 0.2) is 0 Å². The predicted octanol–water partition coefficient (Wildman–Crippen LogP) is 0.133. The number of carbonyl (C=O) groups excluding carboxylic acids is 1. The average Bonchev–Trinajstić information content (AvgIpc) is 2.46. The summed E-state index contributed by atoms with van der Waals surface area (Å²) in [4.78, 5) is 11.8. The first kappa shape index (κ1) is 14.0.